The van der Waals surface area contributed by atoms with Crippen LogP contribution < -0.4 is 5.32 Å². The molecular weight excluding hydrogens is 382 g/mol. The van der Waals surface area contributed by atoms with Crippen LogP contribution in [0.5, 0.6) is 0 Å². The lowest BCUT2D eigenvalue weighted by Crippen LogP contribution is -2.38. The highest BCUT2D eigenvalue weighted by atomic mass is 35.5. The Morgan fingerprint density at radius 2 is 1.81 bits per heavy atom. The molecule has 2 amide bonds. The molecule has 27 heavy (non-hydrogen) atoms. The topological polar surface area (TPSA) is 52.7 Å². The lowest BCUT2D eigenvalue weighted by atomic mass is 10.1. The van der Waals surface area contributed by atoms with E-state index >= 15 is 0 Å². The number of halogens is 1. The van der Waals surface area contributed by atoms with Crippen molar-refractivity contribution in [2.24, 2.45) is 0 Å². The van der Waals surface area contributed by atoms with Gasteiger partial charge in [-0.2, -0.15) is 0 Å². The predicted molar refractivity (Wildman–Crippen MR) is 114 cm³/mol. The van der Waals surface area contributed by atoms with Gasteiger partial charge in [-0.05, 0) is 49.8 Å². The number of hydrogen-bond acceptors (Lipinski definition) is 3. The fourth-order valence-electron chi connectivity index (χ4n) is 3.24. The van der Waals surface area contributed by atoms with Crippen LogP contribution in [0.25, 0.3) is 0 Å². The van der Waals surface area contributed by atoms with Gasteiger partial charge in [0.25, 0.3) is 5.91 Å². The molecule has 5 nitrogen and oxygen atoms in total. The fraction of sp³-hybridized carbons (Fsp3) is 0.550. The molecule has 1 heterocycles. The minimum absolute atomic E-state index is 0.0812. The zero-order chi connectivity index (χ0) is 19.8. The average Bonchev–Trinajstić information content (AvgIpc) is 2.86. The number of anilines is 1. The van der Waals surface area contributed by atoms with Gasteiger partial charge in [-0.3, -0.25) is 14.5 Å². The van der Waals surface area contributed by atoms with Gasteiger partial charge < -0.3 is 10.2 Å². The van der Waals surface area contributed by atoms with Crippen molar-refractivity contribution < 1.29 is 9.59 Å². The second-order valence-corrected chi connectivity index (χ2v) is 7.55. The van der Waals surface area contributed by atoms with Gasteiger partial charge >= 0.3 is 0 Å². The standard InChI is InChI=1S/C20H28ClN3O2S/c1-3-5-6-7-8-13-24-17(19(26)23(4-2)20(24)27)14-18(25)22-16-11-9-15(21)10-12-16/h9-12,17H,3-8,13-14H2,1-2H3,(H,22,25). The molecule has 148 valence electrons. The summed E-state index contributed by atoms with van der Waals surface area (Å²) in [6, 6.07) is 6.40. The van der Waals surface area contributed by atoms with Gasteiger partial charge in [0, 0.05) is 23.8 Å². The van der Waals surface area contributed by atoms with Crippen molar-refractivity contribution in [3.05, 3.63) is 29.3 Å². The second kappa shape index (κ2) is 10.6. The van der Waals surface area contributed by atoms with Gasteiger partial charge in [0.2, 0.25) is 5.91 Å². The van der Waals surface area contributed by atoms with E-state index < -0.39 is 6.04 Å². The third-order valence-electron chi connectivity index (χ3n) is 4.73. The molecule has 1 aliphatic rings. The highest BCUT2D eigenvalue weighted by Crippen LogP contribution is 2.22. The van der Waals surface area contributed by atoms with E-state index in [0.717, 1.165) is 12.8 Å². The number of hydrogen-bond donors (Lipinski definition) is 1. The van der Waals surface area contributed by atoms with E-state index in [9.17, 15) is 9.59 Å². The fourth-order valence-corrected chi connectivity index (χ4v) is 3.81. The highest BCUT2D eigenvalue weighted by molar-refractivity contribution is 7.80. The summed E-state index contributed by atoms with van der Waals surface area (Å²) in [5.41, 5.74) is 0.663. The number of thiocarbonyl (C=S) groups is 1. The number of nitrogens with one attached hydrogen (secondary N) is 1. The van der Waals surface area contributed by atoms with Crippen LogP contribution >= 0.6 is 23.8 Å². The average molecular weight is 410 g/mol. The summed E-state index contributed by atoms with van der Waals surface area (Å²) in [5.74, 6) is -0.283. The molecular formula is C20H28ClN3O2S. The van der Waals surface area contributed by atoms with Gasteiger partial charge in [-0.25, -0.2) is 0 Å². The Bertz CT molecular complexity index is 666. The van der Waals surface area contributed by atoms with Crippen LogP contribution in [0.3, 0.4) is 0 Å². The lowest BCUT2D eigenvalue weighted by Gasteiger charge is -2.23. The smallest absolute Gasteiger partial charge is 0.252 e. The zero-order valence-corrected chi connectivity index (χ0v) is 17.6. The Balaban J connectivity index is 1.98. The molecule has 1 atom stereocenters. The zero-order valence-electron chi connectivity index (χ0n) is 16.0. The molecule has 0 bridgehead atoms. The van der Waals surface area contributed by atoms with Crippen molar-refractivity contribution in [3.8, 4) is 0 Å². The first-order valence-electron chi connectivity index (χ1n) is 9.65. The Labute approximate surface area is 172 Å². The first-order chi connectivity index (χ1) is 13.0. The maximum atomic E-state index is 12.7. The van der Waals surface area contributed by atoms with Crippen molar-refractivity contribution in [2.75, 3.05) is 18.4 Å². The molecule has 1 N–H and O–H groups in total. The Hall–Kier alpha value is -1.66. The van der Waals surface area contributed by atoms with Crippen LogP contribution in [0.15, 0.2) is 24.3 Å². The molecule has 2 rings (SSSR count). The molecule has 7 heteroatoms. The molecule has 0 radical (unpaired) electrons. The number of rotatable bonds is 10. The van der Waals surface area contributed by atoms with Crippen LogP contribution in [0.2, 0.25) is 5.02 Å². The molecule has 1 saturated heterocycles. The summed E-state index contributed by atoms with van der Waals surface area (Å²) < 4.78 is 0. The van der Waals surface area contributed by atoms with Gasteiger partial charge in [0.1, 0.15) is 6.04 Å². The van der Waals surface area contributed by atoms with Crippen molar-refractivity contribution in [1.82, 2.24) is 9.80 Å². The number of amides is 2. The largest absolute Gasteiger partial charge is 0.336 e. The first-order valence-corrected chi connectivity index (χ1v) is 10.4. The molecule has 1 aromatic carbocycles. The van der Waals surface area contributed by atoms with E-state index in [0.29, 0.717) is 28.9 Å². The number of carbonyl (C=O) groups excluding carboxylic acids is 2. The van der Waals surface area contributed by atoms with Crippen LogP contribution in [0, 0.1) is 0 Å². The number of benzene rings is 1. The van der Waals surface area contributed by atoms with Crippen molar-refractivity contribution in [1.29, 1.82) is 0 Å². The number of unbranched alkanes of at least 4 members (excludes halogenated alkanes) is 4. The van der Waals surface area contributed by atoms with Crippen molar-refractivity contribution in [2.45, 2.75) is 58.4 Å². The molecule has 1 fully saturated rings. The minimum Gasteiger partial charge on any atom is -0.336 e. The highest BCUT2D eigenvalue weighted by Gasteiger charge is 2.42. The molecule has 1 aromatic rings. The quantitative estimate of drug-likeness (QED) is 0.458. The summed E-state index contributed by atoms with van der Waals surface area (Å²) >= 11 is 11.4. The van der Waals surface area contributed by atoms with Gasteiger partial charge in [-0.1, -0.05) is 44.2 Å². The maximum absolute atomic E-state index is 12.7. The normalized spacial score (nSPS) is 16.9. The van der Waals surface area contributed by atoms with Crippen molar-refractivity contribution >= 4 is 46.4 Å². The molecule has 1 aliphatic heterocycles. The third-order valence-corrected chi connectivity index (χ3v) is 5.44. The van der Waals surface area contributed by atoms with Gasteiger partial charge in [0.15, 0.2) is 5.11 Å². The summed E-state index contributed by atoms with van der Waals surface area (Å²) in [7, 11) is 0. The van der Waals surface area contributed by atoms with E-state index in [1.165, 1.54) is 19.3 Å². The van der Waals surface area contributed by atoms with E-state index in [-0.39, 0.29) is 18.2 Å². The Kier molecular flexibility index (Phi) is 8.51. The molecule has 0 aliphatic carbocycles. The predicted octanol–water partition coefficient (Wildman–Crippen LogP) is 4.46. The van der Waals surface area contributed by atoms with Crippen LogP contribution in [0.1, 0.15) is 52.4 Å². The monoisotopic (exact) mass is 409 g/mol. The Morgan fingerprint density at radius 1 is 1.15 bits per heavy atom. The summed E-state index contributed by atoms with van der Waals surface area (Å²) in [4.78, 5) is 28.7. The third kappa shape index (κ3) is 5.91. The molecule has 1 unspecified atom stereocenters. The molecule has 0 saturated carbocycles. The maximum Gasteiger partial charge on any atom is 0.252 e. The minimum atomic E-state index is -0.518. The Morgan fingerprint density at radius 3 is 2.44 bits per heavy atom. The van der Waals surface area contributed by atoms with E-state index in [4.69, 9.17) is 23.8 Å². The summed E-state index contributed by atoms with van der Waals surface area (Å²) in [6.45, 7) is 5.32. The van der Waals surface area contributed by atoms with Crippen LogP contribution in [-0.2, 0) is 9.59 Å². The summed E-state index contributed by atoms with van der Waals surface area (Å²) in [6.07, 6.45) is 5.77. The first kappa shape index (κ1) is 21.6. The van der Waals surface area contributed by atoms with Crippen LogP contribution in [-0.4, -0.2) is 45.9 Å². The summed E-state index contributed by atoms with van der Waals surface area (Å²) in [5, 5.41) is 3.98. The van der Waals surface area contributed by atoms with E-state index in [1.807, 2.05) is 11.8 Å². The number of carbonyl (C=O) groups is 2. The van der Waals surface area contributed by atoms with E-state index in [1.54, 1.807) is 29.2 Å². The number of likely N-dealkylation sites (N-methyl/N-ethyl adjacent to an activating group) is 1. The van der Waals surface area contributed by atoms with E-state index in [2.05, 4.69) is 12.2 Å². The second-order valence-electron chi connectivity index (χ2n) is 6.75. The lowest BCUT2D eigenvalue weighted by molar-refractivity contribution is -0.130. The number of nitrogens with zero attached hydrogens (tertiary/aromatic N) is 2. The molecule has 0 spiro atoms. The van der Waals surface area contributed by atoms with Crippen LogP contribution in [0.4, 0.5) is 5.69 Å². The van der Waals surface area contributed by atoms with Gasteiger partial charge in [0.05, 0.1) is 6.42 Å². The van der Waals surface area contributed by atoms with Gasteiger partial charge in [-0.15, -0.1) is 0 Å². The molecule has 0 aromatic heterocycles. The van der Waals surface area contributed by atoms with Crippen molar-refractivity contribution in [3.63, 3.8) is 0 Å². The SMILES string of the molecule is CCCCCCCN1C(=S)N(CC)C(=O)C1CC(=O)Nc1ccc(Cl)cc1.